The van der Waals surface area contributed by atoms with E-state index < -0.39 is 0 Å². The van der Waals surface area contributed by atoms with Gasteiger partial charge in [-0.05, 0) is 55.7 Å². The van der Waals surface area contributed by atoms with Gasteiger partial charge in [-0.3, -0.25) is 0 Å². The molecule has 1 aromatic heterocycles. The zero-order valence-corrected chi connectivity index (χ0v) is 15.1. The fraction of sp³-hybridized carbons (Fsp3) is 0.500. The number of nitrogens with zero attached hydrogens (tertiary/aromatic N) is 3. The van der Waals surface area contributed by atoms with Crippen molar-refractivity contribution in [2.24, 2.45) is 0 Å². The van der Waals surface area contributed by atoms with Crippen LogP contribution < -0.4 is 0 Å². The molecule has 0 unspecified atom stereocenters. The van der Waals surface area contributed by atoms with Gasteiger partial charge in [0.1, 0.15) is 5.69 Å². The second-order valence-electron chi connectivity index (χ2n) is 5.75. The van der Waals surface area contributed by atoms with E-state index in [9.17, 15) is 0 Å². The Bertz CT molecular complexity index is 619. The lowest BCUT2D eigenvalue weighted by Gasteiger charge is -2.10. The van der Waals surface area contributed by atoms with Gasteiger partial charge in [0.2, 0.25) is 0 Å². The number of ether oxygens (including phenoxy) is 1. The van der Waals surface area contributed by atoms with Crippen LogP contribution in [0.15, 0.2) is 25.5 Å². The number of aryl methyl sites for hydroxylation is 1. The van der Waals surface area contributed by atoms with E-state index in [1.807, 2.05) is 4.68 Å². The first-order chi connectivity index (χ1) is 11.5. The highest BCUT2D eigenvalue weighted by Gasteiger charge is 2.16. The number of rotatable bonds is 12. The van der Waals surface area contributed by atoms with Crippen molar-refractivity contribution in [2.75, 3.05) is 6.61 Å². The van der Waals surface area contributed by atoms with Gasteiger partial charge in [0, 0.05) is 6.54 Å². The molecule has 0 aliphatic heterocycles. The molecule has 0 amide bonds. The Morgan fingerprint density at radius 3 is 2.38 bits per heavy atom. The van der Waals surface area contributed by atoms with Crippen LogP contribution in [-0.2, 0) is 11.3 Å². The molecule has 0 aliphatic carbocycles. The molecule has 0 bridgehead atoms. The van der Waals surface area contributed by atoms with Gasteiger partial charge in [-0.25, -0.2) is 4.68 Å². The first-order valence-electron chi connectivity index (χ1n) is 8.63. The van der Waals surface area contributed by atoms with Gasteiger partial charge in [-0.2, -0.15) is 0 Å². The van der Waals surface area contributed by atoms with Crippen LogP contribution >= 0.6 is 0 Å². The maximum absolute atomic E-state index is 5.28. The van der Waals surface area contributed by atoms with E-state index in [0.717, 1.165) is 67.6 Å². The summed E-state index contributed by atoms with van der Waals surface area (Å²) in [5, 5.41) is 8.63. The molecule has 1 aromatic rings. The molecule has 0 radical (unpaired) electrons. The normalized spacial score (nSPS) is 10.2. The summed E-state index contributed by atoms with van der Waals surface area (Å²) in [5.74, 6) is 2.78. The summed E-state index contributed by atoms with van der Waals surface area (Å²) in [6.07, 6.45) is 11.1. The second kappa shape index (κ2) is 10.5. The van der Waals surface area contributed by atoms with Gasteiger partial charge in [-0.1, -0.05) is 38.6 Å². The number of hydrogen-bond acceptors (Lipinski definition) is 3. The Morgan fingerprint density at radius 1 is 1.08 bits per heavy atom. The van der Waals surface area contributed by atoms with Crippen LogP contribution in [0.4, 0.5) is 0 Å². The maximum atomic E-state index is 5.28. The smallest absolute Gasteiger partial charge is 0.162 e. The lowest BCUT2D eigenvalue weighted by atomic mass is 10.0. The maximum Gasteiger partial charge on any atom is 0.162 e. The van der Waals surface area contributed by atoms with Crippen LogP contribution in [0.3, 0.4) is 0 Å². The molecule has 0 N–H and O–H groups in total. The lowest BCUT2D eigenvalue weighted by molar-refractivity contribution is 0.221. The van der Waals surface area contributed by atoms with Crippen LogP contribution in [0, 0.1) is 12.3 Å². The summed E-state index contributed by atoms with van der Waals surface area (Å²) < 4.78 is 7.25. The summed E-state index contributed by atoms with van der Waals surface area (Å²) in [6, 6.07) is 0. The predicted octanol–water partition coefficient (Wildman–Crippen LogP) is 4.85. The van der Waals surface area contributed by atoms with Crippen LogP contribution in [0.1, 0.15) is 63.8 Å². The van der Waals surface area contributed by atoms with E-state index in [0.29, 0.717) is 12.4 Å². The van der Waals surface area contributed by atoms with Crippen molar-refractivity contribution < 1.29 is 4.74 Å². The standard InChI is InChI=1S/C20H29N3O/c1-7-16(4)19-20(17(5)8-2)23(22-21-19)14-12-10-11-13-15-24-18(6)9-3/h3H,4-8,10-15H2,1-2H3. The zero-order chi connectivity index (χ0) is 17.9. The highest BCUT2D eigenvalue weighted by molar-refractivity contribution is 5.73. The number of allylic oxidation sites excluding steroid dienone is 3. The van der Waals surface area contributed by atoms with E-state index in [1.165, 1.54) is 0 Å². The molecular formula is C20H29N3O. The van der Waals surface area contributed by atoms with Crippen LogP contribution in [0.2, 0.25) is 0 Å². The Hall–Kier alpha value is -2.28. The van der Waals surface area contributed by atoms with Gasteiger partial charge >= 0.3 is 0 Å². The number of unbranched alkanes of at least 4 members (excludes halogenated alkanes) is 3. The SMILES string of the molecule is C#CC(=C)OCCCCCCn1nnc(C(=C)CC)c1C(=C)CC. The highest BCUT2D eigenvalue weighted by atomic mass is 16.5. The molecule has 0 saturated heterocycles. The minimum atomic E-state index is 0.406. The number of terminal acetylenes is 1. The Morgan fingerprint density at radius 2 is 1.75 bits per heavy atom. The summed E-state index contributed by atoms with van der Waals surface area (Å²) in [5.41, 5.74) is 4.01. The lowest BCUT2D eigenvalue weighted by Crippen LogP contribution is -2.06. The molecule has 0 saturated carbocycles. The van der Waals surface area contributed by atoms with Gasteiger partial charge in [0.25, 0.3) is 0 Å². The minimum Gasteiger partial charge on any atom is -0.486 e. The fourth-order valence-corrected chi connectivity index (χ4v) is 2.35. The topological polar surface area (TPSA) is 39.9 Å². The molecule has 24 heavy (non-hydrogen) atoms. The van der Waals surface area contributed by atoms with Crippen LogP contribution in [-0.4, -0.2) is 21.6 Å². The predicted molar refractivity (Wildman–Crippen MR) is 101 cm³/mol. The average molecular weight is 327 g/mol. The zero-order valence-electron chi connectivity index (χ0n) is 15.1. The number of hydrogen-bond donors (Lipinski definition) is 0. The quantitative estimate of drug-likeness (QED) is 0.313. The van der Waals surface area contributed by atoms with Crippen molar-refractivity contribution in [1.29, 1.82) is 0 Å². The van der Waals surface area contributed by atoms with Gasteiger partial charge in [0.15, 0.2) is 5.76 Å². The van der Waals surface area contributed by atoms with Crippen LogP contribution in [0.5, 0.6) is 0 Å². The Balaban J connectivity index is 2.49. The van der Waals surface area contributed by atoms with E-state index in [1.54, 1.807) is 0 Å². The molecule has 0 aliphatic rings. The summed E-state index contributed by atoms with van der Waals surface area (Å²) >= 11 is 0. The third-order valence-corrected chi connectivity index (χ3v) is 3.96. The summed E-state index contributed by atoms with van der Waals surface area (Å²) in [6.45, 7) is 17.5. The van der Waals surface area contributed by atoms with Gasteiger partial charge < -0.3 is 4.74 Å². The number of aromatic nitrogens is 3. The molecule has 1 heterocycles. The summed E-state index contributed by atoms with van der Waals surface area (Å²) in [4.78, 5) is 0. The van der Waals surface area contributed by atoms with Crippen molar-refractivity contribution in [3.8, 4) is 12.3 Å². The molecule has 1 rings (SSSR count). The highest BCUT2D eigenvalue weighted by Crippen LogP contribution is 2.25. The first kappa shape index (κ1) is 19.8. The first-order valence-corrected chi connectivity index (χ1v) is 8.63. The third kappa shape index (κ3) is 5.73. The van der Waals surface area contributed by atoms with Crippen molar-refractivity contribution in [3.05, 3.63) is 36.9 Å². The minimum absolute atomic E-state index is 0.406. The molecule has 0 spiro atoms. The molecule has 4 nitrogen and oxygen atoms in total. The summed E-state index contributed by atoms with van der Waals surface area (Å²) in [7, 11) is 0. The average Bonchev–Trinajstić information content (AvgIpc) is 3.03. The monoisotopic (exact) mass is 327 g/mol. The van der Waals surface area contributed by atoms with Crippen molar-refractivity contribution >= 4 is 11.1 Å². The fourth-order valence-electron chi connectivity index (χ4n) is 2.35. The van der Waals surface area contributed by atoms with E-state index >= 15 is 0 Å². The van der Waals surface area contributed by atoms with E-state index in [4.69, 9.17) is 11.2 Å². The molecule has 0 aromatic carbocycles. The van der Waals surface area contributed by atoms with Gasteiger partial charge in [-0.15, -0.1) is 11.5 Å². The Kier molecular flexibility index (Phi) is 8.64. The molecule has 0 atom stereocenters. The molecule has 0 fully saturated rings. The molecular weight excluding hydrogens is 298 g/mol. The third-order valence-electron chi connectivity index (χ3n) is 3.96. The largest absolute Gasteiger partial charge is 0.486 e. The van der Waals surface area contributed by atoms with E-state index in [-0.39, 0.29) is 0 Å². The van der Waals surface area contributed by atoms with Crippen molar-refractivity contribution in [2.45, 2.75) is 58.9 Å². The molecule has 130 valence electrons. The van der Waals surface area contributed by atoms with Gasteiger partial charge in [0.05, 0.1) is 12.3 Å². The molecule has 4 heteroatoms. The van der Waals surface area contributed by atoms with Crippen LogP contribution in [0.25, 0.3) is 11.1 Å². The van der Waals surface area contributed by atoms with Crippen molar-refractivity contribution in [3.63, 3.8) is 0 Å². The van der Waals surface area contributed by atoms with Crippen molar-refractivity contribution in [1.82, 2.24) is 15.0 Å². The Labute approximate surface area is 146 Å². The second-order valence-corrected chi connectivity index (χ2v) is 5.75. The van der Waals surface area contributed by atoms with E-state index in [2.05, 4.69) is 49.8 Å².